The van der Waals surface area contributed by atoms with Crippen LogP contribution in [0.2, 0.25) is 0 Å². The second kappa shape index (κ2) is 8.30. The first-order valence-corrected chi connectivity index (χ1v) is 10.3. The minimum Gasteiger partial charge on any atom is -0.508 e. The van der Waals surface area contributed by atoms with Gasteiger partial charge in [-0.25, -0.2) is 0 Å². The summed E-state index contributed by atoms with van der Waals surface area (Å²) in [5.74, 6) is -0.637. The van der Waals surface area contributed by atoms with Gasteiger partial charge in [0, 0.05) is 16.2 Å². The Hall–Kier alpha value is -3.20. The van der Waals surface area contributed by atoms with Crippen LogP contribution in [0.3, 0.4) is 0 Å². The lowest BCUT2D eigenvalue weighted by atomic mass is 9.81. The zero-order valence-electron chi connectivity index (χ0n) is 18.9. The van der Waals surface area contributed by atoms with E-state index in [1.807, 2.05) is 6.92 Å². The summed E-state index contributed by atoms with van der Waals surface area (Å²) in [6.45, 7) is 8.39. The minimum absolute atomic E-state index is 0.0837. The molecular formula is C24H25F3NO5+. The molecule has 3 rings (SSSR count). The second-order valence-electron chi connectivity index (χ2n) is 8.76. The van der Waals surface area contributed by atoms with E-state index >= 15 is 0 Å². The van der Waals surface area contributed by atoms with Gasteiger partial charge in [0.05, 0.1) is 5.57 Å². The molecule has 0 aliphatic carbocycles. The van der Waals surface area contributed by atoms with Crippen LogP contribution < -0.4 is 9.91 Å². The van der Waals surface area contributed by atoms with Gasteiger partial charge < -0.3 is 14.6 Å². The van der Waals surface area contributed by atoms with Gasteiger partial charge in [0.15, 0.2) is 5.78 Å². The Balaban J connectivity index is 2.11. The van der Waals surface area contributed by atoms with E-state index in [9.17, 15) is 28.0 Å². The number of nitroso groups, excluding NO2 is 1. The summed E-state index contributed by atoms with van der Waals surface area (Å²) >= 11 is 0. The number of hydrogen-bond acceptors (Lipinski definition) is 5. The van der Waals surface area contributed by atoms with Gasteiger partial charge in [-0.05, 0) is 69.5 Å². The fourth-order valence-electron chi connectivity index (χ4n) is 3.90. The number of alkyl halides is 3. The first kappa shape index (κ1) is 24.4. The van der Waals surface area contributed by atoms with Crippen LogP contribution in [0.4, 0.5) is 18.9 Å². The number of hydrogen-bond donors (Lipinski definition) is 2. The molecule has 0 bridgehead atoms. The lowest BCUT2D eigenvalue weighted by molar-refractivity contribution is -0.382. The molecule has 0 amide bonds. The molecule has 0 spiro atoms. The van der Waals surface area contributed by atoms with Crippen molar-refractivity contribution in [3.05, 3.63) is 63.8 Å². The van der Waals surface area contributed by atoms with E-state index in [-0.39, 0.29) is 22.8 Å². The Bertz CT molecular complexity index is 1150. The number of ketones is 1. The summed E-state index contributed by atoms with van der Waals surface area (Å²) < 4.78 is 51.2. The van der Waals surface area contributed by atoms with Crippen LogP contribution in [0.1, 0.15) is 51.3 Å². The number of carbonyl (C=O) groups excluding carboxylic acids is 1. The molecule has 0 saturated carbocycles. The van der Waals surface area contributed by atoms with Crippen LogP contribution in [0.15, 0.2) is 42.2 Å². The molecule has 6 nitrogen and oxygen atoms in total. The standard InChI is InChI=1S/C24H24F3NO5/c1-6-13-7-8-14(32-15-9-10-18(28-31)17(12-15)24(25,26)27)11-16(13)19-20(29)22(2,3)33-23(4,5)21(19)30/h7-12,29H,6H2,1-5H3/p+1. The largest absolute Gasteiger partial charge is 0.508 e. The van der Waals surface area contributed by atoms with Crippen LogP contribution in [-0.2, 0) is 22.1 Å². The number of carbonyl (C=O) groups is 1. The lowest BCUT2D eigenvalue weighted by Crippen LogP contribution is -2.56. The van der Waals surface area contributed by atoms with Gasteiger partial charge in [-0.15, -0.1) is 0 Å². The fourth-order valence-corrected chi connectivity index (χ4v) is 3.90. The van der Waals surface area contributed by atoms with Crippen LogP contribution in [-0.4, -0.2) is 22.1 Å². The van der Waals surface area contributed by atoms with Crippen LogP contribution >= 0.6 is 0 Å². The number of Topliss-reactive ketones (excluding diaryl/α,β-unsaturated/α-hetero) is 1. The molecular weight excluding hydrogens is 439 g/mol. The summed E-state index contributed by atoms with van der Waals surface area (Å²) in [6.07, 6.45) is -4.23. The van der Waals surface area contributed by atoms with E-state index in [4.69, 9.17) is 9.47 Å². The highest BCUT2D eigenvalue weighted by Gasteiger charge is 2.47. The molecule has 176 valence electrons. The predicted octanol–water partition coefficient (Wildman–Crippen LogP) is 4.96. The van der Waals surface area contributed by atoms with Crippen molar-refractivity contribution in [1.29, 1.82) is 0 Å². The third-order valence-electron chi connectivity index (χ3n) is 5.46. The number of ether oxygens (including phenoxy) is 2. The van der Waals surface area contributed by atoms with E-state index < -0.39 is 34.4 Å². The quantitative estimate of drug-likeness (QED) is 0.653. The summed E-state index contributed by atoms with van der Waals surface area (Å²) in [4.78, 5) is 24.0. The highest BCUT2D eigenvalue weighted by Crippen LogP contribution is 2.42. The third kappa shape index (κ3) is 4.64. The van der Waals surface area contributed by atoms with Gasteiger partial charge >= 0.3 is 6.18 Å². The Labute approximate surface area is 189 Å². The van der Waals surface area contributed by atoms with Crippen LogP contribution in [0.25, 0.3) is 5.57 Å². The third-order valence-corrected chi connectivity index (χ3v) is 5.46. The van der Waals surface area contributed by atoms with Crippen molar-refractivity contribution < 1.29 is 37.7 Å². The second-order valence-corrected chi connectivity index (χ2v) is 8.76. The van der Waals surface area contributed by atoms with E-state index in [0.29, 0.717) is 12.0 Å². The maximum absolute atomic E-state index is 13.3. The van der Waals surface area contributed by atoms with Crippen LogP contribution in [0.5, 0.6) is 11.5 Å². The normalized spacial score (nSPS) is 17.8. The molecule has 2 N–H and O–H groups in total. The average molecular weight is 464 g/mol. The van der Waals surface area contributed by atoms with Crippen molar-refractivity contribution in [2.24, 2.45) is 0 Å². The van der Waals surface area contributed by atoms with Crippen molar-refractivity contribution in [3.63, 3.8) is 0 Å². The van der Waals surface area contributed by atoms with Crippen molar-refractivity contribution >= 4 is 17.0 Å². The Morgan fingerprint density at radius 1 is 1.03 bits per heavy atom. The molecule has 0 fully saturated rings. The van der Waals surface area contributed by atoms with E-state index in [0.717, 1.165) is 17.7 Å². The molecule has 0 atom stereocenters. The van der Waals surface area contributed by atoms with Crippen molar-refractivity contribution in [2.45, 2.75) is 58.4 Å². The summed E-state index contributed by atoms with van der Waals surface area (Å²) in [7, 11) is 0. The van der Waals surface area contributed by atoms with E-state index in [2.05, 4.69) is 0 Å². The molecule has 1 aliphatic heterocycles. The number of halogens is 3. The van der Waals surface area contributed by atoms with Crippen molar-refractivity contribution in [3.8, 4) is 11.5 Å². The number of aliphatic hydroxyl groups excluding tert-OH is 1. The Kier molecular flexibility index (Phi) is 6.14. The molecule has 2 aromatic rings. The Morgan fingerprint density at radius 2 is 1.64 bits per heavy atom. The number of benzene rings is 2. The molecule has 0 aromatic heterocycles. The molecule has 9 heteroatoms. The number of aryl methyl sites for hydroxylation is 1. The van der Waals surface area contributed by atoms with Gasteiger partial charge in [0.1, 0.15) is 34.0 Å². The number of aliphatic hydroxyl groups is 1. The Morgan fingerprint density at radius 3 is 2.21 bits per heavy atom. The molecule has 0 saturated heterocycles. The predicted molar refractivity (Wildman–Crippen MR) is 115 cm³/mol. The molecule has 0 radical (unpaired) electrons. The summed E-state index contributed by atoms with van der Waals surface area (Å²) in [5, 5.41) is 12.1. The highest BCUT2D eigenvalue weighted by atomic mass is 19.4. The maximum Gasteiger partial charge on any atom is 0.423 e. The van der Waals surface area contributed by atoms with Gasteiger partial charge in [0.2, 0.25) is 0 Å². The lowest BCUT2D eigenvalue weighted by Gasteiger charge is -2.40. The molecule has 2 aromatic carbocycles. The first-order chi connectivity index (χ1) is 15.2. The van der Waals surface area contributed by atoms with Crippen LogP contribution in [0, 0.1) is 4.91 Å². The first-order valence-electron chi connectivity index (χ1n) is 10.3. The topological polar surface area (TPSA) is 86.8 Å². The monoisotopic (exact) mass is 464 g/mol. The number of nitrogens with one attached hydrogen (secondary N) is 1. The van der Waals surface area contributed by atoms with Gasteiger partial charge in [-0.2, -0.15) is 13.2 Å². The van der Waals surface area contributed by atoms with E-state index in [1.165, 1.54) is 17.3 Å². The zero-order chi connectivity index (χ0) is 24.8. The van der Waals surface area contributed by atoms with Gasteiger partial charge in [-0.3, -0.25) is 4.79 Å². The molecule has 1 heterocycles. The fraction of sp³-hybridized carbons (Fsp3) is 0.375. The smallest absolute Gasteiger partial charge is 0.423 e. The molecule has 33 heavy (non-hydrogen) atoms. The maximum atomic E-state index is 13.3. The minimum atomic E-state index is -4.76. The SMILES string of the molecule is CCc1ccc(Oc2ccc([NH+]=O)c(C(F)(F)F)c2)cc1C1=C(O)C(C)(C)OC(C)(C)C1=O. The number of rotatable bonds is 5. The molecule has 1 aliphatic rings. The average Bonchev–Trinajstić information content (AvgIpc) is 2.72. The van der Waals surface area contributed by atoms with E-state index in [1.54, 1.807) is 39.8 Å². The highest BCUT2D eigenvalue weighted by molar-refractivity contribution is 6.26. The van der Waals surface area contributed by atoms with Crippen molar-refractivity contribution in [2.75, 3.05) is 0 Å². The van der Waals surface area contributed by atoms with Gasteiger partial charge in [-0.1, -0.05) is 13.0 Å². The van der Waals surface area contributed by atoms with Gasteiger partial charge in [0.25, 0.3) is 5.69 Å². The zero-order valence-corrected chi connectivity index (χ0v) is 18.9. The van der Waals surface area contributed by atoms with Crippen molar-refractivity contribution in [1.82, 2.24) is 0 Å². The molecule has 0 unspecified atom stereocenters. The summed E-state index contributed by atoms with van der Waals surface area (Å²) in [6, 6.07) is 7.68. The summed E-state index contributed by atoms with van der Waals surface area (Å²) in [5.41, 5.74) is -2.87.